The maximum Gasteiger partial charge on any atom is 0.112 e. The number of hydrogen-bond acceptors (Lipinski definition) is 2. The van der Waals surface area contributed by atoms with Crippen molar-refractivity contribution in [1.29, 1.82) is 0 Å². The molecule has 0 aliphatic carbocycles. The first-order valence-electron chi connectivity index (χ1n) is 4.76. The van der Waals surface area contributed by atoms with Gasteiger partial charge in [0.05, 0.1) is 6.61 Å². The second-order valence-corrected chi connectivity index (χ2v) is 3.44. The van der Waals surface area contributed by atoms with Gasteiger partial charge < -0.3 is 4.74 Å². The van der Waals surface area contributed by atoms with Gasteiger partial charge in [-0.05, 0) is 18.1 Å². The Kier molecular flexibility index (Phi) is 2.62. The zero-order chi connectivity index (χ0) is 9.10. The molecule has 1 aromatic rings. The zero-order valence-corrected chi connectivity index (χ0v) is 7.92. The maximum absolute atomic E-state index is 5.50. The first-order chi connectivity index (χ1) is 6.36. The molecule has 1 aromatic carbocycles. The molecule has 0 amide bonds. The molecule has 1 aliphatic heterocycles. The van der Waals surface area contributed by atoms with Gasteiger partial charge in [0.2, 0.25) is 0 Å². The van der Waals surface area contributed by atoms with Crippen LogP contribution in [0.2, 0.25) is 0 Å². The standard InChI is InChI=1S/C11H15NO/c1-9-4-2-3-5-10(9)8-11-12-6-7-13-11/h2-5,11-12H,6-8H2,1H3. The van der Waals surface area contributed by atoms with Gasteiger partial charge >= 0.3 is 0 Å². The van der Waals surface area contributed by atoms with Gasteiger partial charge in [-0.3, -0.25) is 5.32 Å². The van der Waals surface area contributed by atoms with Crippen LogP contribution in [0.15, 0.2) is 24.3 Å². The zero-order valence-electron chi connectivity index (χ0n) is 7.92. The summed E-state index contributed by atoms with van der Waals surface area (Å²) >= 11 is 0. The Bertz CT molecular complexity index is 279. The van der Waals surface area contributed by atoms with Gasteiger partial charge in [-0.25, -0.2) is 0 Å². The topological polar surface area (TPSA) is 21.3 Å². The summed E-state index contributed by atoms with van der Waals surface area (Å²) in [5.41, 5.74) is 2.72. The number of ether oxygens (including phenoxy) is 1. The molecule has 13 heavy (non-hydrogen) atoms. The summed E-state index contributed by atoms with van der Waals surface area (Å²) in [6, 6.07) is 8.46. The fourth-order valence-electron chi connectivity index (χ4n) is 1.65. The van der Waals surface area contributed by atoms with Gasteiger partial charge in [0, 0.05) is 13.0 Å². The second-order valence-electron chi connectivity index (χ2n) is 3.44. The molecule has 1 atom stereocenters. The van der Waals surface area contributed by atoms with Crippen molar-refractivity contribution >= 4 is 0 Å². The van der Waals surface area contributed by atoms with Crippen molar-refractivity contribution in [2.45, 2.75) is 19.6 Å². The van der Waals surface area contributed by atoms with Crippen LogP contribution in [0.4, 0.5) is 0 Å². The van der Waals surface area contributed by atoms with Crippen LogP contribution in [0.3, 0.4) is 0 Å². The van der Waals surface area contributed by atoms with Crippen molar-refractivity contribution < 1.29 is 4.74 Å². The van der Waals surface area contributed by atoms with Crippen molar-refractivity contribution in [2.24, 2.45) is 0 Å². The molecule has 1 saturated heterocycles. The average molecular weight is 177 g/mol. The van der Waals surface area contributed by atoms with Crippen molar-refractivity contribution in [3.05, 3.63) is 35.4 Å². The molecule has 0 saturated carbocycles. The lowest BCUT2D eigenvalue weighted by Crippen LogP contribution is -2.25. The van der Waals surface area contributed by atoms with E-state index in [4.69, 9.17) is 4.74 Å². The van der Waals surface area contributed by atoms with Crippen molar-refractivity contribution in [3.63, 3.8) is 0 Å². The summed E-state index contributed by atoms with van der Waals surface area (Å²) in [6.07, 6.45) is 1.20. The molecular weight excluding hydrogens is 162 g/mol. The summed E-state index contributed by atoms with van der Waals surface area (Å²) < 4.78 is 5.50. The summed E-state index contributed by atoms with van der Waals surface area (Å²) in [7, 11) is 0. The minimum atomic E-state index is 0.223. The predicted molar refractivity (Wildman–Crippen MR) is 52.6 cm³/mol. The number of nitrogens with one attached hydrogen (secondary N) is 1. The number of aryl methyl sites for hydroxylation is 1. The van der Waals surface area contributed by atoms with E-state index in [1.54, 1.807) is 0 Å². The lowest BCUT2D eigenvalue weighted by atomic mass is 10.1. The molecule has 1 aliphatic rings. The molecular formula is C11H15NO. The molecule has 0 radical (unpaired) electrons. The molecule has 0 spiro atoms. The SMILES string of the molecule is Cc1ccccc1CC1NCCO1. The van der Waals surface area contributed by atoms with E-state index in [1.165, 1.54) is 11.1 Å². The first kappa shape index (κ1) is 8.73. The summed E-state index contributed by atoms with van der Waals surface area (Å²) in [5, 5.41) is 3.31. The van der Waals surface area contributed by atoms with Crippen molar-refractivity contribution in [2.75, 3.05) is 13.2 Å². The van der Waals surface area contributed by atoms with Crippen LogP contribution in [0.5, 0.6) is 0 Å². The number of rotatable bonds is 2. The Morgan fingerprint density at radius 2 is 2.31 bits per heavy atom. The molecule has 2 nitrogen and oxygen atoms in total. The minimum absolute atomic E-state index is 0.223. The lowest BCUT2D eigenvalue weighted by molar-refractivity contribution is 0.102. The maximum atomic E-state index is 5.50. The van der Waals surface area contributed by atoms with E-state index in [1.807, 2.05) is 0 Å². The number of benzene rings is 1. The normalized spacial score (nSPS) is 22.1. The number of hydrogen-bond donors (Lipinski definition) is 1. The third kappa shape index (κ3) is 2.08. The smallest absolute Gasteiger partial charge is 0.112 e. The molecule has 1 N–H and O–H groups in total. The predicted octanol–water partition coefficient (Wildman–Crippen LogP) is 1.48. The quantitative estimate of drug-likeness (QED) is 0.739. The monoisotopic (exact) mass is 177 g/mol. The highest BCUT2D eigenvalue weighted by molar-refractivity contribution is 5.26. The first-order valence-corrected chi connectivity index (χ1v) is 4.76. The molecule has 0 aromatic heterocycles. The van der Waals surface area contributed by atoms with Gasteiger partial charge in [-0.15, -0.1) is 0 Å². The average Bonchev–Trinajstić information content (AvgIpc) is 2.61. The largest absolute Gasteiger partial charge is 0.362 e. The van der Waals surface area contributed by atoms with E-state index >= 15 is 0 Å². The van der Waals surface area contributed by atoms with E-state index in [-0.39, 0.29) is 6.23 Å². The Hall–Kier alpha value is -0.860. The van der Waals surface area contributed by atoms with Gasteiger partial charge in [-0.2, -0.15) is 0 Å². The lowest BCUT2D eigenvalue weighted by Gasteiger charge is -2.11. The minimum Gasteiger partial charge on any atom is -0.362 e. The molecule has 1 fully saturated rings. The molecule has 1 heterocycles. The van der Waals surface area contributed by atoms with Crippen molar-refractivity contribution in [3.8, 4) is 0 Å². The Morgan fingerprint density at radius 3 is 3.00 bits per heavy atom. The third-order valence-corrected chi connectivity index (χ3v) is 2.46. The summed E-state index contributed by atoms with van der Waals surface area (Å²) in [6.45, 7) is 3.97. The fourth-order valence-corrected chi connectivity index (χ4v) is 1.65. The van der Waals surface area contributed by atoms with Gasteiger partial charge in [0.15, 0.2) is 0 Å². The van der Waals surface area contributed by atoms with Gasteiger partial charge in [-0.1, -0.05) is 24.3 Å². The van der Waals surface area contributed by atoms with Crippen LogP contribution in [0, 0.1) is 6.92 Å². The molecule has 70 valence electrons. The van der Waals surface area contributed by atoms with Crippen LogP contribution in [-0.2, 0) is 11.2 Å². The van der Waals surface area contributed by atoms with Crippen LogP contribution in [0.1, 0.15) is 11.1 Å². The fraction of sp³-hybridized carbons (Fsp3) is 0.455. The van der Waals surface area contributed by atoms with Crippen LogP contribution in [0.25, 0.3) is 0 Å². The van der Waals surface area contributed by atoms with E-state index in [0.29, 0.717) is 0 Å². The highest BCUT2D eigenvalue weighted by Gasteiger charge is 2.15. The van der Waals surface area contributed by atoms with Crippen LogP contribution >= 0.6 is 0 Å². The highest BCUT2D eigenvalue weighted by atomic mass is 16.5. The highest BCUT2D eigenvalue weighted by Crippen LogP contribution is 2.11. The van der Waals surface area contributed by atoms with Crippen LogP contribution < -0.4 is 5.32 Å². The Labute approximate surface area is 78.9 Å². The van der Waals surface area contributed by atoms with Crippen LogP contribution in [-0.4, -0.2) is 19.4 Å². The second kappa shape index (κ2) is 3.90. The third-order valence-electron chi connectivity index (χ3n) is 2.46. The van der Waals surface area contributed by atoms with E-state index in [9.17, 15) is 0 Å². The molecule has 2 heteroatoms. The van der Waals surface area contributed by atoms with E-state index in [2.05, 4.69) is 36.5 Å². The summed E-state index contributed by atoms with van der Waals surface area (Å²) in [4.78, 5) is 0. The van der Waals surface area contributed by atoms with E-state index < -0.39 is 0 Å². The Morgan fingerprint density at radius 1 is 1.46 bits per heavy atom. The van der Waals surface area contributed by atoms with Crippen molar-refractivity contribution in [1.82, 2.24) is 5.32 Å². The molecule has 0 bridgehead atoms. The molecule has 2 rings (SSSR count). The van der Waals surface area contributed by atoms with E-state index in [0.717, 1.165) is 19.6 Å². The van der Waals surface area contributed by atoms with Gasteiger partial charge in [0.25, 0.3) is 0 Å². The Balaban J connectivity index is 2.04. The van der Waals surface area contributed by atoms with Gasteiger partial charge in [0.1, 0.15) is 6.23 Å². The molecule has 1 unspecified atom stereocenters. The summed E-state index contributed by atoms with van der Waals surface area (Å²) in [5.74, 6) is 0.